The van der Waals surface area contributed by atoms with Gasteiger partial charge in [0.25, 0.3) is 0 Å². The second-order valence-electron chi connectivity index (χ2n) is 5.10. The normalized spacial score (nSPS) is 10.5. The molecule has 6 nitrogen and oxygen atoms in total. The standard InChI is InChI=1S/C15H21N5O/c1-11(2)8-9-16-15-19-14(10-17-20-15)18-12-6-4-5-7-13(12)21-3/h4-7,10-11H,8-9H2,1-3H3,(H2,16,18,19,20). The van der Waals surface area contributed by atoms with Crippen molar-refractivity contribution in [1.82, 2.24) is 15.2 Å². The molecule has 21 heavy (non-hydrogen) atoms. The summed E-state index contributed by atoms with van der Waals surface area (Å²) in [5, 5.41) is 14.3. The number of benzene rings is 1. The summed E-state index contributed by atoms with van der Waals surface area (Å²) in [5.41, 5.74) is 0.841. The molecule has 2 aromatic rings. The number of aromatic nitrogens is 3. The molecular formula is C15H21N5O. The van der Waals surface area contributed by atoms with E-state index in [1.54, 1.807) is 13.3 Å². The first kappa shape index (κ1) is 15.0. The van der Waals surface area contributed by atoms with E-state index in [1.807, 2.05) is 24.3 Å². The third-order valence-corrected chi connectivity index (χ3v) is 2.93. The Morgan fingerprint density at radius 1 is 1.24 bits per heavy atom. The van der Waals surface area contributed by atoms with E-state index in [0.717, 1.165) is 24.4 Å². The van der Waals surface area contributed by atoms with Crippen molar-refractivity contribution in [1.29, 1.82) is 0 Å². The van der Waals surface area contributed by atoms with Gasteiger partial charge in [0.2, 0.25) is 5.95 Å². The van der Waals surface area contributed by atoms with Crippen LogP contribution in [0.15, 0.2) is 30.5 Å². The van der Waals surface area contributed by atoms with E-state index < -0.39 is 0 Å². The molecule has 0 spiro atoms. The maximum absolute atomic E-state index is 5.30. The van der Waals surface area contributed by atoms with Crippen LogP contribution in [0.4, 0.5) is 17.5 Å². The molecule has 0 radical (unpaired) electrons. The van der Waals surface area contributed by atoms with Crippen LogP contribution in [0.3, 0.4) is 0 Å². The van der Waals surface area contributed by atoms with Crippen molar-refractivity contribution in [2.24, 2.45) is 5.92 Å². The summed E-state index contributed by atoms with van der Waals surface area (Å²) in [4.78, 5) is 4.39. The fraction of sp³-hybridized carbons (Fsp3) is 0.400. The maximum Gasteiger partial charge on any atom is 0.244 e. The van der Waals surface area contributed by atoms with Gasteiger partial charge < -0.3 is 15.4 Å². The van der Waals surface area contributed by atoms with Crippen LogP contribution < -0.4 is 15.4 Å². The average molecular weight is 287 g/mol. The molecule has 0 bridgehead atoms. The molecule has 2 N–H and O–H groups in total. The Hall–Kier alpha value is -2.37. The smallest absolute Gasteiger partial charge is 0.244 e. The van der Waals surface area contributed by atoms with Gasteiger partial charge in [-0.25, -0.2) is 0 Å². The minimum absolute atomic E-state index is 0.524. The van der Waals surface area contributed by atoms with Crippen molar-refractivity contribution in [2.75, 3.05) is 24.3 Å². The van der Waals surface area contributed by atoms with Crippen molar-refractivity contribution in [2.45, 2.75) is 20.3 Å². The third-order valence-electron chi connectivity index (χ3n) is 2.93. The number of rotatable bonds is 7. The number of nitrogens with zero attached hydrogens (tertiary/aromatic N) is 3. The molecule has 1 heterocycles. The Morgan fingerprint density at radius 3 is 2.81 bits per heavy atom. The van der Waals surface area contributed by atoms with E-state index in [2.05, 4.69) is 39.7 Å². The summed E-state index contributed by atoms with van der Waals surface area (Å²) in [5.74, 6) is 2.54. The van der Waals surface area contributed by atoms with Gasteiger partial charge in [-0.2, -0.15) is 10.1 Å². The van der Waals surface area contributed by atoms with Gasteiger partial charge in [-0.3, -0.25) is 0 Å². The number of hydrogen-bond donors (Lipinski definition) is 2. The molecule has 6 heteroatoms. The molecule has 0 unspecified atom stereocenters. The van der Waals surface area contributed by atoms with Crippen LogP contribution in [-0.4, -0.2) is 28.8 Å². The van der Waals surface area contributed by atoms with Crippen LogP contribution in [0.5, 0.6) is 5.75 Å². The SMILES string of the molecule is COc1ccccc1Nc1cnnc(NCCC(C)C)n1. The van der Waals surface area contributed by atoms with E-state index in [-0.39, 0.29) is 0 Å². The molecule has 2 rings (SSSR count). The van der Waals surface area contributed by atoms with Gasteiger partial charge in [-0.15, -0.1) is 5.10 Å². The highest BCUT2D eigenvalue weighted by molar-refractivity contribution is 5.63. The van der Waals surface area contributed by atoms with Crippen LogP contribution in [-0.2, 0) is 0 Å². The molecule has 0 amide bonds. The highest BCUT2D eigenvalue weighted by Crippen LogP contribution is 2.25. The highest BCUT2D eigenvalue weighted by atomic mass is 16.5. The molecule has 112 valence electrons. The monoisotopic (exact) mass is 287 g/mol. The first-order chi connectivity index (χ1) is 10.2. The fourth-order valence-corrected chi connectivity index (χ4v) is 1.80. The Kier molecular flexibility index (Phi) is 5.31. The third kappa shape index (κ3) is 4.59. The van der Waals surface area contributed by atoms with Crippen molar-refractivity contribution in [3.8, 4) is 5.75 Å². The Bertz CT molecular complexity index is 573. The second kappa shape index (κ2) is 7.42. The van der Waals surface area contributed by atoms with Crippen LogP contribution >= 0.6 is 0 Å². The van der Waals surface area contributed by atoms with Gasteiger partial charge in [0.1, 0.15) is 5.75 Å². The predicted molar refractivity (Wildman–Crippen MR) is 84.0 cm³/mol. The fourth-order valence-electron chi connectivity index (χ4n) is 1.80. The van der Waals surface area contributed by atoms with Gasteiger partial charge in [0.05, 0.1) is 19.0 Å². The number of para-hydroxylation sites is 2. The molecule has 0 fully saturated rings. The first-order valence-electron chi connectivity index (χ1n) is 7.02. The lowest BCUT2D eigenvalue weighted by molar-refractivity contribution is 0.417. The molecular weight excluding hydrogens is 266 g/mol. The van der Waals surface area contributed by atoms with Crippen LogP contribution in [0.1, 0.15) is 20.3 Å². The topological polar surface area (TPSA) is 72.0 Å². The lowest BCUT2D eigenvalue weighted by atomic mass is 10.1. The molecule has 0 aliphatic carbocycles. The predicted octanol–water partition coefficient (Wildman–Crippen LogP) is 3.08. The quantitative estimate of drug-likeness (QED) is 0.815. The van der Waals surface area contributed by atoms with Gasteiger partial charge in [-0.05, 0) is 24.5 Å². The largest absolute Gasteiger partial charge is 0.495 e. The van der Waals surface area contributed by atoms with Crippen LogP contribution in [0.25, 0.3) is 0 Å². The van der Waals surface area contributed by atoms with Gasteiger partial charge >= 0.3 is 0 Å². The maximum atomic E-state index is 5.30. The van der Waals surface area contributed by atoms with Crippen molar-refractivity contribution < 1.29 is 4.74 Å². The molecule has 0 saturated heterocycles. The molecule has 0 saturated carbocycles. The minimum Gasteiger partial charge on any atom is -0.495 e. The van der Waals surface area contributed by atoms with Crippen LogP contribution in [0.2, 0.25) is 0 Å². The van der Waals surface area contributed by atoms with Crippen molar-refractivity contribution in [3.05, 3.63) is 30.5 Å². The zero-order valence-corrected chi connectivity index (χ0v) is 12.6. The molecule has 1 aromatic carbocycles. The van der Waals surface area contributed by atoms with E-state index in [4.69, 9.17) is 4.74 Å². The number of methoxy groups -OCH3 is 1. The van der Waals surface area contributed by atoms with Gasteiger partial charge in [-0.1, -0.05) is 26.0 Å². The number of hydrogen-bond acceptors (Lipinski definition) is 6. The summed E-state index contributed by atoms with van der Waals surface area (Å²) in [6.07, 6.45) is 2.65. The summed E-state index contributed by atoms with van der Waals surface area (Å²) in [7, 11) is 1.64. The number of ether oxygens (including phenoxy) is 1. The second-order valence-corrected chi connectivity index (χ2v) is 5.10. The van der Waals surface area contributed by atoms with E-state index >= 15 is 0 Å². The zero-order valence-electron chi connectivity index (χ0n) is 12.6. The average Bonchev–Trinajstić information content (AvgIpc) is 2.48. The molecule has 0 atom stereocenters. The lowest BCUT2D eigenvalue weighted by Gasteiger charge is -2.11. The number of nitrogens with one attached hydrogen (secondary N) is 2. The van der Waals surface area contributed by atoms with Crippen molar-refractivity contribution >= 4 is 17.5 Å². The summed E-state index contributed by atoms with van der Waals surface area (Å²) in [6.45, 7) is 5.19. The Balaban J connectivity index is 2.03. The molecule has 1 aromatic heterocycles. The van der Waals surface area contributed by atoms with E-state index in [0.29, 0.717) is 17.7 Å². The van der Waals surface area contributed by atoms with Gasteiger partial charge in [0, 0.05) is 6.54 Å². The summed E-state index contributed by atoms with van der Waals surface area (Å²) in [6, 6.07) is 7.66. The first-order valence-corrected chi connectivity index (χ1v) is 7.02. The zero-order chi connectivity index (χ0) is 15.1. The Morgan fingerprint density at radius 2 is 2.05 bits per heavy atom. The number of anilines is 3. The Labute approximate surface area is 125 Å². The van der Waals surface area contributed by atoms with Gasteiger partial charge in [0.15, 0.2) is 5.82 Å². The molecule has 0 aliphatic rings. The minimum atomic E-state index is 0.524. The summed E-state index contributed by atoms with van der Waals surface area (Å²) < 4.78 is 5.30. The van der Waals surface area contributed by atoms with Crippen molar-refractivity contribution in [3.63, 3.8) is 0 Å². The molecule has 0 aliphatic heterocycles. The van der Waals surface area contributed by atoms with E-state index in [9.17, 15) is 0 Å². The highest BCUT2D eigenvalue weighted by Gasteiger charge is 2.05. The van der Waals surface area contributed by atoms with E-state index in [1.165, 1.54) is 0 Å². The lowest BCUT2D eigenvalue weighted by Crippen LogP contribution is -2.09. The van der Waals surface area contributed by atoms with Crippen LogP contribution in [0, 0.1) is 5.92 Å². The summed E-state index contributed by atoms with van der Waals surface area (Å²) >= 11 is 0.